The third-order valence-corrected chi connectivity index (χ3v) is 4.44. The molecule has 1 saturated heterocycles. The fourth-order valence-electron chi connectivity index (χ4n) is 2.70. The van der Waals surface area contributed by atoms with Crippen molar-refractivity contribution in [1.82, 2.24) is 5.32 Å². The molecule has 3 heteroatoms. The molecule has 17 heavy (non-hydrogen) atoms. The molecule has 0 aliphatic carbocycles. The van der Waals surface area contributed by atoms with E-state index >= 15 is 0 Å². The average molecular weight is 247 g/mol. The van der Waals surface area contributed by atoms with E-state index in [-0.39, 0.29) is 0 Å². The molecular formula is C14H17NOS. The highest BCUT2D eigenvalue weighted by Gasteiger charge is 2.20. The van der Waals surface area contributed by atoms with Crippen molar-refractivity contribution in [2.45, 2.75) is 18.8 Å². The molecule has 0 amide bonds. The molecule has 0 bridgehead atoms. The average Bonchev–Trinajstić information content (AvgIpc) is 2.86. The monoisotopic (exact) mass is 247 g/mol. The Labute approximate surface area is 106 Å². The largest absolute Gasteiger partial charge is 0.496 e. The van der Waals surface area contributed by atoms with Gasteiger partial charge >= 0.3 is 0 Å². The number of benzene rings is 1. The Kier molecular flexibility index (Phi) is 3.04. The molecule has 1 atom stereocenters. The molecule has 1 aromatic carbocycles. The lowest BCUT2D eigenvalue weighted by Crippen LogP contribution is -2.28. The zero-order chi connectivity index (χ0) is 11.7. The van der Waals surface area contributed by atoms with Crippen molar-refractivity contribution in [2.75, 3.05) is 20.2 Å². The minimum absolute atomic E-state index is 0.600. The molecule has 1 unspecified atom stereocenters. The Morgan fingerprint density at radius 3 is 3.06 bits per heavy atom. The van der Waals surface area contributed by atoms with Gasteiger partial charge in [-0.05, 0) is 42.5 Å². The topological polar surface area (TPSA) is 21.3 Å². The van der Waals surface area contributed by atoms with E-state index < -0.39 is 0 Å². The summed E-state index contributed by atoms with van der Waals surface area (Å²) >= 11 is 1.78. The van der Waals surface area contributed by atoms with E-state index in [0.29, 0.717) is 5.92 Å². The molecule has 2 heterocycles. The summed E-state index contributed by atoms with van der Waals surface area (Å²) in [6.45, 7) is 2.23. The third kappa shape index (κ3) is 1.94. The summed E-state index contributed by atoms with van der Waals surface area (Å²) in [5.74, 6) is 1.68. The molecule has 90 valence electrons. The first-order valence-corrected chi connectivity index (χ1v) is 7.03. The number of nitrogens with one attached hydrogen (secondary N) is 1. The second kappa shape index (κ2) is 4.67. The van der Waals surface area contributed by atoms with E-state index in [9.17, 15) is 0 Å². The molecule has 2 aromatic rings. The molecule has 0 saturated carbocycles. The maximum atomic E-state index is 5.65. The molecule has 0 spiro atoms. The Balaban J connectivity index is 2.07. The van der Waals surface area contributed by atoms with E-state index in [1.54, 1.807) is 18.4 Å². The number of ether oxygens (including phenoxy) is 1. The first kappa shape index (κ1) is 11.1. The number of thiophene rings is 1. The highest BCUT2D eigenvalue weighted by atomic mass is 32.1. The Morgan fingerprint density at radius 2 is 2.29 bits per heavy atom. The van der Waals surface area contributed by atoms with Crippen LogP contribution in [0.5, 0.6) is 5.75 Å². The standard InChI is InChI=1S/C14H17NOS/c1-16-14-11(10-3-2-7-15-9-10)4-5-13-12(14)6-8-17-13/h4-6,8,10,15H,2-3,7,9H2,1H3. The molecule has 3 rings (SSSR count). The Bertz CT molecular complexity index is 514. The molecule has 0 radical (unpaired) electrons. The second-order valence-electron chi connectivity index (χ2n) is 4.56. The van der Waals surface area contributed by atoms with Gasteiger partial charge in [0.15, 0.2) is 0 Å². The van der Waals surface area contributed by atoms with Crippen LogP contribution in [0.25, 0.3) is 10.1 Å². The van der Waals surface area contributed by atoms with Crippen molar-refractivity contribution in [2.24, 2.45) is 0 Å². The van der Waals surface area contributed by atoms with Crippen LogP contribution in [-0.4, -0.2) is 20.2 Å². The van der Waals surface area contributed by atoms with E-state index in [2.05, 4.69) is 28.9 Å². The van der Waals surface area contributed by atoms with Gasteiger partial charge in [-0.3, -0.25) is 0 Å². The zero-order valence-electron chi connectivity index (χ0n) is 10.0. The highest BCUT2D eigenvalue weighted by molar-refractivity contribution is 7.17. The first-order valence-electron chi connectivity index (χ1n) is 6.15. The second-order valence-corrected chi connectivity index (χ2v) is 5.51. The van der Waals surface area contributed by atoms with Gasteiger partial charge in [0.2, 0.25) is 0 Å². The molecule has 1 aromatic heterocycles. The van der Waals surface area contributed by atoms with Crippen molar-refractivity contribution in [3.05, 3.63) is 29.1 Å². The molecule has 1 aliphatic rings. The van der Waals surface area contributed by atoms with E-state index in [1.165, 1.54) is 28.5 Å². The predicted molar refractivity (Wildman–Crippen MR) is 73.2 cm³/mol. The predicted octanol–water partition coefficient (Wildman–Crippen LogP) is 3.38. The minimum atomic E-state index is 0.600. The summed E-state index contributed by atoms with van der Waals surface area (Å²) in [7, 11) is 1.78. The van der Waals surface area contributed by atoms with Crippen LogP contribution < -0.4 is 10.1 Å². The summed E-state index contributed by atoms with van der Waals surface area (Å²) in [5, 5.41) is 6.87. The summed E-state index contributed by atoms with van der Waals surface area (Å²) < 4.78 is 6.96. The van der Waals surface area contributed by atoms with Crippen LogP contribution in [-0.2, 0) is 0 Å². The highest BCUT2D eigenvalue weighted by Crippen LogP contribution is 2.38. The number of hydrogen-bond acceptors (Lipinski definition) is 3. The molecular weight excluding hydrogens is 230 g/mol. The molecule has 2 nitrogen and oxygen atoms in total. The molecule has 1 aliphatic heterocycles. The van der Waals surface area contributed by atoms with Crippen molar-refractivity contribution in [3.63, 3.8) is 0 Å². The van der Waals surface area contributed by atoms with Crippen LogP contribution in [0.1, 0.15) is 24.3 Å². The summed E-state index contributed by atoms with van der Waals surface area (Å²) in [5.41, 5.74) is 1.37. The summed E-state index contributed by atoms with van der Waals surface area (Å²) in [6, 6.07) is 6.64. The smallest absolute Gasteiger partial charge is 0.131 e. The summed E-state index contributed by atoms with van der Waals surface area (Å²) in [6.07, 6.45) is 2.52. The van der Waals surface area contributed by atoms with Gasteiger partial charge in [-0.1, -0.05) is 6.07 Å². The van der Waals surface area contributed by atoms with Gasteiger partial charge in [0.05, 0.1) is 7.11 Å². The van der Waals surface area contributed by atoms with Crippen LogP contribution in [0, 0.1) is 0 Å². The lowest BCUT2D eigenvalue weighted by Gasteiger charge is -2.25. The van der Waals surface area contributed by atoms with Crippen LogP contribution in [0.2, 0.25) is 0 Å². The molecule has 1 N–H and O–H groups in total. The summed E-state index contributed by atoms with van der Waals surface area (Å²) in [4.78, 5) is 0. The van der Waals surface area contributed by atoms with Crippen molar-refractivity contribution >= 4 is 21.4 Å². The zero-order valence-corrected chi connectivity index (χ0v) is 10.8. The third-order valence-electron chi connectivity index (χ3n) is 3.56. The number of fused-ring (bicyclic) bond motifs is 1. The normalized spacial score (nSPS) is 20.6. The minimum Gasteiger partial charge on any atom is -0.496 e. The first-order chi connectivity index (χ1) is 8.40. The van der Waals surface area contributed by atoms with Gasteiger partial charge in [-0.25, -0.2) is 0 Å². The van der Waals surface area contributed by atoms with E-state index in [0.717, 1.165) is 18.8 Å². The van der Waals surface area contributed by atoms with Gasteiger partial charge in [0.25, 0.3) is 0 Å². The number of piperidine rings is 1. The molecule has 1 fully saturated rings. The van der Waals surface area contributed by atoms with Gasteiger partial charge in [0.1, 0.15) is 5.75 Å². The van der Waals surface area contributed by atoms with Crippen LogP contribution in [0.15, 0.2) is 23.6 Å². The van der Waals surface area contributed by atoms with Crippen LogP contribution >= 0.6 is 11.3 Å². The quantitative estimate of drug-likeness (QED) is 0.878. The number of rotatable bonds is 2. The van der Waals surface area contributed by atoms with Crippen molar-refractivity contribution < 1.29 is 4.74 Å². The number of hydrogen-bond donors (Lipinski definition) is 1. The lowest BCUT2D eigenvalue weighted by atomic mass is 9.90. The van der Waals surface area contributed by atoms with Gasteiger partial charge in [-0.15, -0.1) is 11.3 Å². The lowest BCUT2D eigenvalue weighted by molar-refractivity contribution is 0.397. The van der Waals surface area contributed by atoms with Crippen molar-refractivity contribution in [1.29, 1.82) is 0 Å². The van der Waals surface area contributed by atoms with Gasteiger partial charge < -0.3 is 10.1 Å². The van der Waals surface area contributed by atoms with Crippen LogP contribution in [0.3, 0.4) is 0 Å². The fraction of sp³-hybridized carbons (Fsp3) is 0.429. The van der Waals surface area contributed by atoms with Crippen LogP contribution in [0.4, 0.5) is 0 Å². The Morgan fingerprint density at radius 1 is 1.35 bits per heavy atom. The van der Waals surface area contributed by atoms with Crippen molar-refractivity contribution in [3.8, 4) is 5.75 Å². The van der Waals surface area contributed by atoms with Gasteiger partial charge in [0, 0.05) is 22.5 Å². The SMILES string of the molecule is COc1c(C2CCCNC2)ccc2sccc12. The maximum Gasteiger partial charge on any atom is 0.131 e. The Hall–Kier alpha value is -1.06. The van der Waals surface area contributed by atoms with Gasteiger partial charge in [-0.2, -0.15) is 0 Å². The van der Waals surface area contributed by atoms with E-state index in [4.69, 9.17) is 4.74 Å². The maximum absolute atomic E-state index is 5.65. The number of methoxy groups -OCH3 is 1. The fourth-order valence-corrected chi connectivity index (χ4v) is 3.49. The van der Waals surface area contributed by atoms with E-state index in [1.807, 2.05) is 0 Å².